The van der Waals surface area contributed by atoms with Crippen molar-refractivity contribution < 1.29 is 4.74 Å². The average molecular weight is 371 g/mol. The largest absolute Gasteiger partial charge is 0.376 e. The van der Waals surface area contributed by atoms with E-state index < -0.39 is 0 Å². The number of hydrogen-bond donors (Lipinski definition) is 2. The van der Waals surface area contributed by atoms with Crippen LogP contribution in [0.2, 0.25) is 0 Å². The fourth-order valence-electron chi connectivity index (χ4n) is 4.24. The molecule has 7 heteroatoms. The number of piperidine rings is 1. The van der Waals surface area contributed by atoms with Gasteiger partial charge < -0.3 is 19.9 Å². The van der Waals surface area contributed by atoms with Crippen molar-refractivity contribution in [1.82, 2.24) is 19.9 Å². The zero-order valence-corrected chi connectivity index (χ0v) is 16.3. The summed E-state index contributed by atoms with van der Waals surface area (Å²) >= 11 is 0. The van der Waals surface area contributed by atoms with Crippen molar-refractivity contribution in [2.24, 2.45) is 5.92 Å². The van der Waals surface area contributed by atoms with Crippen LogP contribution in [0.15, 0.2) is 24.7 Å². The van der Waals surface area contributed by atoms with Crippen LogP contribution >= 0.6 is 0 Å². The summed E-state index contributed by atoms with van der Waals surface area (Å²) in [6.07, 6.45) is 10.2. The van der Waals surface area contributed by atoms with Gasteiger partial charge in [-0.3, -0.25) is 0 Å². The van der Waals surface area contributed by atoms with Crippen molar-refractivity contribution in [2.45, 2.75) is 57.6 Å². The standard InChI is InChI=1S/C20H30N6O/c1-14(2)18-16(4-3-13-27-18)24-17-5-8-23-20(25-17)26-11-6-15(7-12-26)19-21-9-10-22-19/h5,8-10,14-16,18H,3-4,6-7,11-13H2,1-2H3,(H,21,22)(H,23,24,25). The number of anilines is 2. The zero-order valence-electron chi connectivity index (χ0n) is 16.3. The number of aromatic amines is 1. The lowest BCUT2D eigenvalue weighted by Crippen LogP contribution is -2.43. The van der Waals surface area contributed by atoms with Gasteiger partial charge in [-0.25, -0.2) is 9.97 Å². The molecule has 0 saturated carbocycles. The van der Waals surface area contributed by atoms with Gasteiger partial charge in [-0.2, -0.15) is 4.98 Å². The van der Waals surface area contributed by atoms with Crippen LogP contribution < -0.4 is 10.2 Å². The van der Waals surface area contributed by atoms with E-state index in [9.17, 15) is 0 Å². The van der Waals surface area contributed by atoms with Crippen molar-refractivity contribution in [3.63, 3.8) is 0 Å². The van der Waals surface area contributed by atoms with E-state index in [-0.39, 0.29) is 6.10 Å². The summed E-state index contributed by atoms with van der Waals surface area (Å²) < 4.78 is 5.99. The van der Waals surface area contributed by atoms with E-state index in [0.717, 1.165) is 63.0 Å². The van der Waals surface area contributed by atoms with Crippen LogP contribution in [0.3, 0.4) is 0 Å². The highest BCUT2D eigenvalue weighted by Crippen LogP contribution is 2.28. The fraction of sp³-hybridized carbons (Fsp3) is 0.650. The molecule has 2 saturated heterocycles. The lowest BCUT2D eigenvalue weighted by atomic mass is 9.94. The lowest BCUT2D eigenvalue weighted by Gasteiger charge is -2.35. The summed E-state index contributed by atoms with van der Waals surface area (Å²) in [5, 5.41) is 3.61. The van der Waals surface area contributed by atoms with Crippen molar-refractivity contribution in [2.75, 3.05) is 29.9 Å². The second kappa shape index (κ2) is 8.25. The Hall–Kier alpha value is -2.15. The minimum atomic E-state index is 0.237. The molecule has 27 heavy (non-hydrogen) atoms. The third-order valence-corrected chi connectivity index (χ3v) is 5.68. The van der Waals surface area contributed by atoms with E-state index in [2.05, 4.69) is 39.0 Å². The summed E-state index contributed by atoms with van der Waals surface area (Å²) in [4.78, 5) is 19.3. The van der Waals surface area contributed by atoms with Gasteiger partial charge in [0.15, 0.2) is 0 Å². The summed E-state index contributed by atoms with van der Waals surface area (Å²) in [5.41, 5.74) is 0. The minimum absolute atomic E-state index is 0.237. The Morgan fingerprint density at radius 3 is 2.78 bits per heavy atom. The van der Waals surface area contributed by atoms with Gasteiger partial charge in [-0.1, -0.05) is 13.8 Å². The van der Waals surface area contributed by atoms with Crippen LogP contribution in [-0.4, -0.2) is 51.8 Å². The summed E-state index contributed by atoms with van der Waals surface area (Å²) in [6.45, 7) is 7.21. The quantitative estimate of drug-likeness (QED) is 0.841. The molecule has 0 spiro atoms. The van der Waals surface area contributed by atoms with Crippen molar-refractivity contribution in [3.8, 4) is 0 Å². The molecule has 2 unspecified atom stereocenters. The first-order valence-corrected chi connectivity index (χ1v) is 10.2. The van der Waals surface area contributed by atoms with E-state index in [0.29, 0.717) is 17.9 Å². The SMILES string of the molecule is CC(C)C1OCCCC1Nc1ccnc(N2CCC(c3ncc[nH]3)CC2)n1. The van der Waals surface area contributed by atoms with Crippen molar-refractivity contribution >= 4 is 11.8 Å². The Labute approximate surface area is 161 Å². The van der Waals surface area contributed by atoms with E-state index in [4.69, 9.17) is 9.72 Å². The Kier molecular flexibility index (Phi) is 5.57. The van der Waals surface area contributed by atoms with Crippen LogP contribution in [-0.2, 0) is 4.74 Å². The third-order valence-electron chi connectivity index (χ3n) is 5.68. The van der Waals surface area contributed by atoms with Crippen LogP contribution in [0, 0.1) is 5.92 Å². The Balaban J connectivity index is 1.39. The molecule has 2 N–H and O–H groups in total. The number of H-pyrrole nitrogens is 1. The Morgan fingerprint density at radius 2 is 2.04 bits per heavy atom. The molecule has 4 rings (SSSR count). The van der Waals surface area contributed by atoms with E-state index in [1.54, 1.807) is 0 Å². The van der Waals surface area contributed by atoms with E-state index in [1.807, 2.05) is 24.7 Å². The maximum Gasteiger partial charge on any atom is 0.227 e. The molecule has 146 valence electrons. The highest BCUT2D eigenvalue weighted by atomic mass is 16.5. The molecule has 2 aromatic rings. The maximum atomic E-state index is 5.99. The van der Waals surface area contributed by atoms with E-state index >= 15 is 0 Å². The molecule has 2 aromatic heterocycles. The molecule has 2 aliphatic heterocycles. The van der Waals surface area contributed by atoms with Gasteiger partial charge >= 0.3 is 0 Å². The molecule has 0 aliphatic carbocycles. The monoisotopic (exact) mass is 370 g/mol. The summed E-state index contributed by atoms with van der Waals surface area (Å²) in [6, 6.07) is 2.27. The van der Waals surface area contributed by atoms with Gasteiger partial charge in [-0.05, 0) is 37.7 Å². The van der Waals surface area contributed by atoms with Crippen molar-refractivity contribution in [3.05, 3.63) is 30.5 Å². The second-order valence-electron chi connectivity index (χ2n) is 7.95. The molecule has 0 bridgehead atoms. The Morgan fingerprint density at radius 1 is 1.19 bits per heavy atom. The van der Waals surface area contributed by atoms with Gasteiger partial charge in [-0.15, -0.1) is 0 Å². The number of nitrogens with one attached hydrogen (secondary N) is 2. The van der Waals surface area contributed by atoms with Crippen LogP contribution in [0.1, 0.15) is 51.3 Å². The zero-order chi connectivity index (χ0) is 18.6. The molecule has 2 fully saturated rings. The molecule has 0 aromatic carbocycles. The normalized spacial score (nSPS) is 24.3. The smallest absolute Gasteiger partial charge is 0.227 e. The number of ether oxygens (including phenoxy) is 1. The van der Waals surface area contributed by atoms with Crippen molar-refractivity contribution in [1.29, 1.82) is 0 Å². The molecule has 2 atom stereocenters. The first kappa shape index (κ1) is 18.2. The number of aromatic nitrogens is 4. The summed E-state index contributed by atoms with van der Waals surface area (Å²) in [5.74, 6) is 3.81. The topological polar surface area (TPSA) is 79.0 Å². The first-order chi connectivity index (χ1) is 13.2. The van der Waals surface area contributed by atoms with Crippen LogP contribution in [0.5, 0.6) is 0 Å². The van der Waals surface area contributed by atoms with Gasteiger partial charge in [0, 0.05) is 44.2 Å². The maximum absolute atomic E-state index is 5.99. The number of hydrogen-bond acceptors (Lipinski definition) is 6. The molecular weight excluding hydrogens is 340 g/mol. The molecule has 4 heterocycles. The van der Waals surface area contributed by atoms with Gasteiger partial charge in [0.25, 0.3) is 0 Å². The summed E-state index contributed by atoms with van der Waals surface area (Å²) in [7, 11) is 0. The van der Waals surface area contributed by atoms with Crippen LogP contribution in [0.25, 0.3) is 0 Å². The predicted molar refractivity (Wildman–Crippen MR) is 106 cm³/mol. The third kappa shape index (κ3) is 4.24. The van der Waals surface area contributed by atoms with E-state index in [1.165, 1.54) is 0 Å². The minimum Gasteiger partial charge on any atom is -0.376 e. The van der Waals surface area contributed by atoms with Gasteiger partial charge in [0.1, 0.15) is 11.6 Å². The average Bonchev–Trinajstić information content (AvgIpc) is 3.23. The predicted octanol–water partition coefficient (Wildman–Crippen LogP) is 3.20. The first-order valence-electron chi connectivity index (χ1n) is 10.2. The number of nitrogens with zero attached hydrogens (tertiary/aromatic N) is 4. The van der Waals surface area contributed by atoms with Gasteiger partial charge in [0.05, 0.1) is 12.1 Å². The number of imidazole rings is 1. The number of rotatable bonds is 5. The highest BCUT2D eigenvalue weighted by Gasteiger charge is 2.29. The fourth-order valence-corrected chi connectivity index (χ4v) is 4.24. The Bertz CT molecular complexity index is 711. The molecule has 0 radical (unpaired) electrons. The molecule has 7 nitrogen and oxygen atoms in total. The second-order valence-corrected chi connectivity index (χ2v) is 7.95. The molecular formula is C20H30N6O. The lowest BCUT2D eigenvalue weighted by molar-refractivity contribution is -0.0203. The van der Waals surface area contributed by atoms with Crippen LogP contribution in [0.4, 0.5) is 11.8 Å². The molecule has 2 aliphatic rings. The van der Waals surface area contributed by atoms with Gasteiger partial charge in [0.2, 0.25) is 5.95 Å². The molecule has 0 amide bonds. The highest BCUT2D eigenvalue weighted by molar-refractivity contribution is 5.42.